The van der Waals surface area contributed by atoms with Gasteiger partial charge in [0.2, 0.25) is 0 Å². The first-order valence-electron chi connectivity index (χ1n) is 6.71. The molecule has 2 atom stereocenters. The van der Waals surface area contributed by atoms with Crippen molar-refractivity contribution in [2.75, 3.05) is 6.54 Å². The standard InChI is InChI=1S/C16H18Br2N2/c1-3-20-16(11(2)12-4-6-19-7-5-12)13-8-14(17)10-15(18)9-13/h4-11,16,20H,3H2,1-2H3. The maximum absolute atomic E-state index is 4.10. The molecule has 106 valence electrons. The van der Waals surface area contributed by atoms with Gasteiger partial charge < -0.3 is 5.32 Å². The van der Waals surface area contributed by atoms with Gasteiger partial charge in [-0.1, -0.05) is 45.7 Å². The highest BCUT2D eigenvalue weighted by Crippen LogP contribution is 2.33. The number of aromatic nitrogens is 1. The highest BCUT2D eigenvalue weighted by Gasteiger charge is 2.20. The number of hydrogen-bond acceptors (Lipinski definition) is 2. The first kappa shape index (κ1) is 15.7. The molecule has 0 fully saturated rings. The van der Waals surface area contributed by atoms with Crippen molar-refractivity contribution in [1.29, 1.82) is 0 Å². The third kappa shape index (κ3) is 3.90. The Balaban J connectivity index is 2.35. The number of nitrogens with zero attached hydrogens (tertiary/aromatic N) is 1. The summed E-state index contributed by atoms with van der Waals surface area (Å²) < 4.78 is 2.18. The van der Waals surface area contributed by atoms with E-state index in [4.69, 9.17) is 0 Å². The summed E-state index contributed by atoms with van der Waals surface area (Å²) in [4.78, 5) is 4.10. The Morgan fingerprint density at radius 3 is 2.20 bits per heavy atom. The monoisotopic (exact) mass is 396 g/mol. The zero-order valence-electron chi connectivity index (χ0n) is 11.6. The minimum atomic E-state index is 0.274. The number of nitrogens with one attached hydrogen (secondary N) is 1. The number of benzene rings is 1. The van der Waals surface area contributed by atoms with E-state index >= 15 is 0 Å². The van der Waals surface area contributed by atoms with Gasteiger partial charge in [-0.3, -0.25) is 4.98 Å². The lowest BCUT2D eigenvalue weighted by Gasteiger charge is -2.26. The zero-order valence-corrected chi connectivity index (χ0v) is 14.8. The Kier molecular flexibility index (Phi) is 5.75. The van der Waals surface area contributed by atoms with Crippen LogP contribution in [0.3, 0.4) is 0 Å². The Morgan fingerprint density at radius 1 is 1.05 bits per heavy atom. The fraction of sp³-hybridized carbons (Fsp3) is 0.312. The van der Waals surface area contributed by atoms with Gasteiger partial charge >= 0.3 is 0 Å². The number of hydrogen-bond donors (Lipinski definition) is 1. The van der Waals surface area contributed by atoms with Gasteiger partial charge in [-0.25, -0.2) is 0 Å². The van der Waals surface area contributed by atoms with Crippen molar-refractivity contribution in [3.8, 4) is 0 Å². The normalized spacial score (nSPS) is 14.0. The van der Waals surface area contributed by atoms with E-state index < -0.39 is 0 Å². The second-order valence-electron chi connectivity index (χ2n) is 4.81. The molecule has 0 saturated heterocycles. The number of halogens is 2. The summed E-state index contributed by atoms with van der Waals surface area (Å²) in [5.74, 6) is 0.374. The molecule has 2 rings (SSSR count). The Bertz CT molecular complexity index is 537. The quantitative estimate of drug-likeness (QED) is 0.762. The molecular formula is C16H18Br2N2. The van der Waals surface area contributed by atoms with Crippen LogP contribution in [-0.4, -0.2) is 11.5 Å². The highest BCUT2D eigenvalue weighted by molar-refractivity contribution is 9.11. The molecule has 0 bridgehead atoms. The molecule has 0 aliphatic carbocycles. The molecule has 2 unspecified atom stereocenters. The molecule has 2 nitrogen and oxygen atoms in total. The van der Waals surface area contributed by atoms with Crippen molar-refractivity contribution in [2.24, 2.45) is 0 Å². The summed E-state index contributed by atoms with van der Waals surface area (Å²) in [6, 6.07) is 10.9. The largest absolute Gasteiger partial charge is 0.310 e. The van der Waals surface area contributed by atoms with E-state index in [0.717, 1.165) is 15.5 Å². The average Bonchev–Trinajstić information content (AvgIpc) is 2.44. The fourth-order valence-corrected chi connectivity index (χ4v) is 3.75. The molecule has 0 aliphatic heterocycles. The van der Waals surface area contributed by atoms with Crippen LogP contribution in [0.25, 0.3) is 0 Å². The highest BCUT2D eigenvalue weighted by atomic mass is 79.9. The smallest absolute Gasteiger partial charge is 0.0387 e. The van der Waals surface area contributed by atoms with E-state index in [9.17, 15) is 0 Å². The predicted molar refractivity (Wildman–Crippen MR) is 90.9 cm³/mol. The van der Waals surface area contributed by atoms with Gasteiger partial charge in [0.15, 0.2) is 0 Å². The minimum Gasteiger partial charge on any atom is -0.310 e. The van der Waals surface area contributed by atoms with Crippen LogP contribution in [-0.2, 0) is 0 Å². The van der Waals surface area contributed by atoms with Gasteiger partial charge in [-0.15, -0.1) is 0 Å². The van der Waals surface area contributed by atoms with Crippen molar-refractivity contribution < 1.29 is 0 Å². The lowest BCUT2D eigenvalue weighted by atomic mass is 9.89. The Labute approximate surface area is 137 Å². The van der Waals surface area contributed by atoms with Gasteiger partial charge in [-0.05, 0) is 48.0 Å². The van der Waals surface area contributed by atoms with Gasteiger partial charge in [0.05, 0.1) is 0 Å². The van der Waals surface area contributed by atoms with Crippen molar-refractivity contribution in [3.05, 3.63) is 62.8 Å². The van der Waals surface area contributed by atoms with Crippen molar-refractivity contribution in [1.82, 2.24) is 10.3 Å². The Morgan fingerprint density at radius 2 is 1.65 bits per heavy atom. The van der Waals surface area contributed by atoms with Crippen LogP contribution in [0.2, 0.25) is 0 Å². The van der Waals surface area contributed by atoms with E-state index in [0.29, 0.717) is 5.92 Å². The van der Waals surface area contributed by atoms with Crippen LogP contribution in [0, 0.1) is 0 Å². The number of pyridine rings is 1. The molecule has 0 spiro atoms. The van der Waals surface area contributed by atoms with Crippen LogP contribution in [0.5, 0.6) is 0 Å². The maximum atomic E-state index is 4.10. The van der Waals surface area contributed by atoms with Crippen molar-refractivity contribution in [3.63, 3.8) is 0 Å². The molecule has 1 N–H and O–H groups in total. The predicted octanol–water partition coefficient (Wildman–Crippen LogP) is 5.06. The van der Waals surface area contributed by atoms with Crippen LogP contribution in [0.15, 0.2) is 51.7 Å². The fourth-order valence-electron chi connectivity index (χ4n) is 2.42. The van der Waals surface area contributed by atoms with E-state index in [1.54, 1.807) is 0 Å². The molecule has 4 heteroatoms. The molecule has 1 heterocycles. The minimum absolute atomic E-state index is 0.274. The molecule has 0 amide bonds. The maximum Gasteiger partial charge on any atom is 0.0387 e. The van der Waals surface area contributed by atoms with E-state index in [1.807, 2.05) is 12.4 Å². The molecule has 0 saturated carbocycles. The summed E-state index contributed by atoms with van der Waals surface area (Å²) >= 11 is 7.14. The number of likely N-dealkylation sites (N-methyl/N-ethyl adjacent to an activating group) is 1. The van der Waals surface area contributed by atoms with Crippen LogP contribution < -0.4 is 5.32 Å². The summed E-state index contributed by atoms with van der Waals surface area (Å²) in [6.45, 7) is 5.32. The average molecular weight is 398 g/mol. The van der Waals surface area contributed by atoms with Crippen LogP contribution in [0.1, 0.15) is 36.9 Å². The van der Waals surface area contributed by atoms with Gasteiger partial charge in [0, 0.05) is 33.3 Å². The van der Waals surface area contributed by atoms with Crippen molar-refractivity contribution in [2.45, 2.75) is 25.8 Å². The summed E-state index contributed by atoms with van der Waals surface area (Å²) in [6.07, 6.45) is 3.71. The van der Waals surface area contributed by atoms with Crippen molar-refractivity contribution >= 4 is 31.9 Å². The molecule has 0 aliphatic rings. The Hall–Kier alpha value is -0.710. The SMILES string of the molecule is CCNC(c1cc(Br)cc(Br)c1)C(C)c1ccncc1. The lowest BCUT2D eigenvalue weighted by molar-refractivity contribution is 0.479. The topological polar surface area (TPSA) is 24.9 Å². The van der Waals surface area contributed by atoms with Crippen LogP contribution >= 0.6 is 31.9 Å². The van der Waals surface area contributed by atoms with Crippen LogP contribution in [0.4, 0.5) is 0 Å². The summed E-state index contributed by atoms with van der Waals surface area (Å²) in [5.41, 5.74) is 2.57. The van der Waals surface area contributed by atoms with E-state index in [-0.39, 0.29) is 6.04 Å². The molecular weight excluding hydrogens is 380 g/mol. The van der Waals surface area contributed by atoms with Gasteiger partial charge in [0.1, 0.15) is 0 Å². The lowest BCUT2D eigenvalue weighted by Crippen LogP contribution is -2.25. The molecule has 0 radical (unpaired) electrons. The number of rotatable bonds is 5. The summed E-state index contributed by atoms with van der Waals surface area (Å²) in [7, 11) is 0. The zero-order chi connectivity index (χ0) is 14.5. The van der Waals surface area contributed by atoms with Gasteiger partial charge in [-0.2, -0.15) is 0 Å². The first-order valence-corrected chi connectivity index (χ1v) is 8.29. The van der Waals surface area contributed by atoms with Gasteiger partial charge in [0.25, 0.3) is 0 Å². The van der Waals surface area contributed by atoms with E-state index in [1.165, 1.54) is 11.1 Å². The van der Waals surface area contributed by atoms with E-state index in [2.05, 4.69) is 86.3 Å². The summed E-state index contributed by atoms with van der Waals surface area (Å²) in [5, 5.41) is 3.59. The molecule has 20 heavy (non-hydrogen) atoms. The third-order valence-electron chi connectivity index (χ3n) is 3.40. The second-order valence-corrected chi connectivity index (χ2v) is 6.64. The third-order valence-corrected chi connectivity index (χ3v) is 4.32. The molecule has 1 aromatic carbocycles. The molecule has 2 aromatic rings. The second kappa shape index (κ2) is 7.34. The first-order chi connectivity index (χ1) is 9.61. The molecule has 1 aromatic heterocycles.